The number of anilines is 3. The number of hydrogen-bond acceptors (Lipinski definition) is 1. The van der Waals surface area contributed by atoms with E-state index < -0.39 is 8.07 Å². The molecule has 284 valence electrons. The summed E-state index contributed by atoms with van der Waals surface area (Å²) in [4.78, 5) is 2.42. The Labute approximate surface area is 354 Å². The summed E-state index contributed by atoms with van der Waals surface area (Å²) in [7, 11) is -2.71. The van der Waals surface area contributed by atoms with E-state index in [1.165, 1.54) is 64.9 Å². The highest BCUT2D eigenvalue weighted by Gasteiger charge is 2.41. The lowest BCUT2D eigenvalue weighted by Gasteiger charge is -2.34. The average Bonchev–Trinajstić information content (AvgIpc) is 3.34. The minimum Gasteiger partial charge on any atom is -0.309 e. The van der Waals surface area contributed by atoms with E-state index >= 15 is 0 Å². The highest BCUT2D eigenvalue weighted by molar-refractivity contribution is 7.20. The van der Waals surface area contributed by atoms with E-state index in [0.717, 1.165) is 17.1 Å². The molecule has 0 saturated carbocycles. The maximum atomic E-state index is 2.44. The van der Waals surface area contributed by atoms with Crippen molar-refractivity contribution < 1.29 is 0 Å². The smallest absolute Gasteiger partial charge is 0.179 e. The van der Waals surface area contributed by atoms with Crippen LogP contribution in [0.4, 0.5) is 17.1 Å². The summed E-state index contributed by atoms with van der Waals surface area (Å²) in [6, 6.07) is 95.6. The Morgan fingerprint density at radius 3 is 1.18 bits per heavy atom. The molecule has 2 heteroatoms. The van der Waals surface area contributed by atoms with Crippen molar-refractivity contribution in [1.82, 2.24) is 0 Å². The Balaban J connectivity index is 1.09. The second kappa shape index (κ2) is 16.4. The molecule has 0 aliphatic carbocycles. The molecule has 10 aromatic carbocycles. The van der Waals surface area contributed by atoms with Gasteiger partial charge in [0.1, 0.15) is 0 Å². The van der Waals surface area contributed by atoms with Crippen LogP contribution < -0.4 is 25.6 Å². The Morgan fingerprint density at radius 1 is 0.250 bits per heavy atom. The third kappa shape index (κ3) is 6.83. The Kier molecular flexibility index (Phi) is 10.0. The van der Waals surface area contributed by atoms with Crippen LogP contribution >= 0.6 is 0 Å². The highest BCUT2D eigenvalue weighted by Crippen LogP contribution is 2.46. The molecule has 0 atom stereocenters. The topological polar surface area (TPSA) is 3.24 Å². The quantitative estimate of drug-likeness (QED) is 0.0987. The van der Waals surface area contributed by atoms with Gasteiger partial charge in [0.2, 0.25) is 0 Å². The Bertz CT molecular complexity index is 2890. The van der Waals surface area contributed by atoms with E-state index in [-0.39, 0.29) is 0 Å². The van der Waals surface area contributed by atoms with Crippen LogP contribution in [0, 0.1) is 0 Å². The molecule has 0 fully saturated rings. The summed E-state index contributed by atoms with van der Waals surface area (Å²) in [5.74, 6) is 0. The van der Waals surface area contributed by atoms with E-state index in [0.29, 0.717) is 0 Å². The fraction of sp³-hybridized carbons (Fsp3) is 0. The average molecular weight is 782 g/mol. The number of fused-ring (bicyclic) bond motifs is 1. The van der Waals surface area contributed by atoms with Gasteiger partial charge in [-0.2, -0.15) is 0 Å². The van der Waals surface area contributed by atoms with Crippen LogP contribution in [0.2, 0.25) is 0 Å². The molecule has 0 unspecified atom stereocenters. The maximum Gasteiger partial charge on any atom is 0.179 e. The van der Waals surface area contributed by atoms with Gasteiger partial charge in [-0.05, 0) is 78.0 Å². The molecule has 10 aromatic rings. The van der Waals surface area contributed by atoms with Crippen molar-refractivity contribution in [3.05, 3.63) is 261 Å². The first-order valence-electron chi connectivity index (χ1n) is 20.7. The molecule has 0 saturated heterocycles. The molecule has 0 amide bonds. The SMILES string of the molecule is c1ccc(-c2cccc(-c3ccccc3)c2N(c2ccccc2)c2ccc(-c3ccc([Si](c4ccccc4)(c4ccccc4)c4ccc5ccccc5c4)cc3)cc2)cc1. The van der Waals surface area contributed by atoms with Crippen molar-refractivity contribution in [1.29, 1.82) is 0 Å². The fourth-order valence-corrected chi connectivity index (χ4v) is 13.7. The molecule has 0 aliphatic rings. The molecule has 0 radical (unpaired) electrons. The zero-order valence-corrected chi connectivity index (χ0v) is 34.3. The van der Waals surface area contributed by atoms with Crippen molar-refractivity contribution in [2.45, 2.75) is 0 Å². The number of para-hydroxylation sites is 2. The molecule has 60 heavy (non-hydrogen) atoms. The van der Waals surface area contributed by atoms with E-state index in [1.54, 1.807) is 0 Å². The molecule has 0 N–H and O–H groups in total. The van der Waals surface area contributed by atoms with Crippen LogP contribution in [-0.4, -0.2) is 8.07 Å². The number of rotatable bonds is 10. The normalized spacial score (nSPS) is 11.3. The fourth-order valence-electron chi connectivity index (χ4n) is 8.98. The largest absolute Gasteiger partial charge is 0.309 e. The van der Waals surface area contributed by atoms with Crippen molar-refractivity contribution >= 4 is 56.7 Å². The van der Waals surface area contributed by atoms with Crippen molar-refractivity contribution in [3.8, 4) is 33.4 Å². The lowest BCUT2D eigenvalue weighted by molar-refractivity contribution is 1.28. The van der Waals surface area contributed by atoms with E-state index in [2.05, 4.69) is 266 Å². The van der Waals surface area contributed by atoms with Crippen LogP contribution in [0.3, 0.4) is 0 Å². The van der Waals surface area contributed by atoms with E-state index in [4.69, 9.17) is 0 Å². The minimum absolute atomic E-state index is 1.10. The monoisotopic (exact) mass is 781 g/mol. The van der Waals surface area contributed by atoms with Gasteiger partial charge in [-0.15, -0.1) is 0 Å². The van der Waals surface area contributed by atoms with Crippen LogP contribution in [0.5, 0.6) is 0 Å². The van der Waals surface area contributed by atoms with Gasteiger partial charge in [0.05, 0.1) is 5.69 Å². The van der Waals surface area contributed by atoms with Gasteiger partial charge in [-0.1, -0.05) is 237 Å². The van der Waals surface area contributed by atoms with Gasteiger partial charge in [0.15, 0.2) is 8.07 Å². The highest BCUT2D eigenvalue weighted by atomic mass is 28.3. The molecule has 0 spiro atoms. The summed E-state index contributed by atoms with van der Waals surface area (Å²) in [6.07, 6.45) is 0. The lowest BCUT2D eigenvalue weighted by Crippen LogP contribution is -2.74. The third-order valence-electron chi connectivity index (χ3n) is 11.8. The standard InChI is InChI=1S/C58H43NSi/c1-6-20-47(21-7-1)56-31-18-32-57(48-22-8-2-9-23-48)58(56)59(50-25-10-3-11-26-50)51-38-33-45(34-39-51)46-35-40-54(41-36-46)60(52-27-12-4-13-28-52,53-29-14-5-15-30-53)55-42-37-44-19-16-17-24-49(44)43-55/h1-43H. The second-order valence-corrected chi connectivity index (χ2v) is 19.1. The molecule has 0 bridgehead atoms. The number of hydrogen-bond donors (Lipinski definition) is 0. The van der Waals surface area contributed by atoms with Crippen LogP contribution in [0.1, 0.15) is 0 Å². The first-order valence-corrected chi connectivity index (χ1v) is 22.7. The van der Waals surface area contributed by atoms with E-state index in [1.807, 2.05) is 0 Å². The minimum atomic E-state index is -2.71. The van der Waals surface area contributed by atoms with Crippen LogP contribution in [0.25, 0.3) is 44.2 Å². The molecule has 0 aromatic heterocycles. The molecular formula is C58H43NSi. The van der Waals surface area contributed by atoms with Gasteiger partial charge in [-0.25, -0.2) is 0 Å². The first-order chi connectivity index (χ1) is 29.8. The van der Waals surface area contributed by atoms with Gasteiger partial charge in [0, 0.05) is 22.5 Å². The predicted octanol–water partition coefficient (Wildman–Crippen LogP) is 12.7. The van der Waals surface area contributed by atoms with Gasteiger partial charge in [-0.3, -0.25) is 0 Å². The predicted molar refractivity (Wildman–Crippen MR) is 259 cm³/mol. The maximum absolute atomic E-state index is 2.71. The Morgan fingerprint density at radius 2 is 0.650 bits per heavy atom. The summed E-state index contributed by atoms with van der Waals surface area (Å²) >= 11 is 0. The summed E-state index contributed by atoms with van der Waals surface area (Å²) in [5.41, 5.74) is 10.4. The zero-order chi connectivity index (χ0) is 40.1. The summed E-state index contributed by atoms with van der Waals surface area (Å²) < 4.78 is 0. The van der Waals surface area contributed by atoms with Crippen LogP contribution in [-0.2, 0) is 0 Å². The Hall–Kier alpha value is -7.52. The summed E-state index contributed by atoms with van der Waals surface area (Å²) in [5, 5.41) is 8.00. The summed E-state index contributed by atoms with van der Waals surface area (Å²) in [6.45, 7) is 0. The van der Waals surface area contributed by atoms with Crippen molar-refractivity contribution in [3.63, 3.8) is 0 Å². The number of benzene rings is 10. The molecule has 1 nitrogen and oxygen atoms in total. The van der Waals surface area contributed by atoms with Gasteiger partial charge >= 0.3 is 0 Å². The van der Waals surface area contributed by atoms with Gasteiger partial charge < -0.3 is 4.90 Å². The second-order valence-electron chi connectivity index (χ2n) is 15.3. The van der Waals surface area contributed by atoms with Crippen molar-refractivity contribution in [2.24, 2.45) is 0 Å². The number of nitrogens with zero attached hydrogens (tertiary/aromatic N) is 1. The molecule has 0 heterocycles. The van der Waals surface area contributed by atoms with Crippen molar-refractivity contribution in [2.75, 3.05) is 4.90 Å². The zero-order valence-electron chi connectivity index (χ0n) is 33.3. The first kappa shape index (κ1) is 36.8. The van der Waals surface area contributed by atoms with E-state index in [9.17, 15) is 0 Å². The van der Waals surface area contributed by atoms with Gasteiger partial charge in [0.25, 0.3) is 0 Å². The molecule has 10 rings (SSSR count). The van der Waals surface area contributed by atoms with Crippen LogP contribution in [0.15, 0.2) is 261 Å². The molecule has 0 aliphatic heterocycles. The third-order valence-corrected chi connectivity index (χ3v) is 16.6. The lowest BCUT2D eigenvalue weighted by atomic mass is 9.94. The molecular weight excluding hydrogens is 739 g/mol.